The van der Waals surface area contributed by atoms with Crippen LogP contribution in [0, 0.1) is 5.92 Å². The molecule has 2 aliphatic rings. The van der Waals surface area contributed by atoms with Crippen molar-refractivity contribution >= 4 is 11.8 Å². The van der Waals surface area contributed by atoms with Gasteiger partial charge < -0.3 is 14.4 Å². The van der Waals surface area contributed by atoms with E-state index in [0.717, 1.165) is 24.6 Å². The van der Waals surface area contributed by atoms with Crippen LogP contribution in [0.4, 0.5) is 0 Å². The minimum atomic E-state index is -0.213. The Balaban J connectivity index is 1.68. The van der Waals surface area contributed by atoms with Gasteiger partial charge in [0.15, 0.2) is 5.82 Å². The molecule has 0 unspecified atom stereocenters. The van der Waals surface area contributed by atoms with Crippen LogP contribution in [0.15, 0.2) is 0 Å². The topological polar surface area (TPSA) is 71.3 Å². The summed E-state index contributed by atoms with van der Waals surface area (Å²) in [5, 5.41) is 8.35. The number of aryl methyl sites for hydroxylation is 1. The lowest BCUT2D eigenvalue weighted by Crippen LogP contribution is -2.43. The van der Waals surface area contributed by atoms with Crippen molar-refractivity contribution in [2.45, 2.75) is 52.7 Å². The van der Waals surface area contributed by atoms with E-state index in [0.29, 0.717) is 26.1 Å². The number of likely N-dealkylation sites (tertiary alicyclic amines) is 1. The van der Waals surface area contributed by atoms with E-state index >= 15 is 0 Å². The second kappa shape index (κ2) is 5.70. The Morgan fingerprint density at radius 2 is 2.09 bits per heavy atom. The van der Waals surface area contributed by atoms with Gasteiger partial charge in [0, 0.05) is 38.5 Å². The molecule has 0 aliphatic carbocycles. The third kappa shape index (κ3) is 2.48. The molecule has 7 heteroatoms. The van der Waals surface area contributed by atoms with Gasteiger partial charge in [0.1, 0.15) is 5.82 Å². The third-order valence-corrected chi connectivity index (χ3v) is 4.59. The molecule has 1 atom stereocenters. The maximum Gasteiger partial charge on any atom is 0.228 e. The first-order valence-electron chi connectivity index (χ1n) is 8.00. The van der Waals surface area contributed by atoms with Gasteiger partial charge in [-0.15, -0.1) is 10.2 Å². The number of hydrogen-bond donors (Lipinski definition) is 0. The Hall–Kier alpha value is -1.92. The van der Waals surface area contributed by atoms with Gasteiger partial charge >= 0.3 is 0 Å². The lowest BCUT2D eigenvalue weighted by molar-refractivity contribution is -0.137. The molecule has 0 spiro atoms. The highest BCUT2D eigenvalue weighted by molar-refractivity contribution is 5.89. The number of hydrogen-bond acceptors (Lipinski definition) is 4. The summed E-state index contributed by atoms with van der Waals surface area (Å²) in [7, 11) is 0. The van der Waals surface area contributed by atoms with E-state index in [1.807, 2.05) is 18.7 Å². The van der Waals surface area contributed by atoms with E-state index in [4.69, 9.17) is 0 Å². The summed E-state index contributed by atoms with van der Waals surface area (Å²) in [6.45, 7) is 8.48. The van der Waals surface area contributed by atoms with Gasteiger partial charge in [-0.2, -0.15) is 0 Å². The summed E-state index contributed by atoms with van der Waals surface area (Å²) in [5.41, 5.74) is 0. The molecule has 1 fully saturated rings. The first kappa shape index (κ1) is 15.0. The predicted octanol–water partition coefficient (Wildman–Crippen LogP) is 0.440. The maximum atomic E-state index is 12.7. The SMILES string of the molecule is CCc1nnc2n1CCN(C(=O)[C@H]1CC(=O)N(C(C)C)C1)C2. The van der Waals surface area contributed by atoms with Crippen LogP contribution in [0.5, 0.6) is 0 Å². The van der Waals surface area contributed by atoms with Crippen molar-refractivity contribution in [3.63, 3.8) is 0 Å². The number of fused-ring (bicyclic) bond motifs is 1. The fraction of sp³-hybridized carbons (Fsp3) is 0.733. The van der Waals surface area contributed by atoms with Crippen molar-refractivity contribution < 1.29 is 9.59 Å². The van der Waals surface area contributed by atoms with Crippen LogP contribution in [0.2, 0.25) is 0 Å². The fourth-order valence-electron chi connectivity index (χ4n) is 3.32. The molecule has 22 heavy (non-hydrogen) atoms. The number of nitrogens with zero attached hydrogens (tertiary/aromatic N) is 5. The predicted molar refractivity (Wildman–Crippen MR) is 79.8 cm³/mol. The zero-order valence-electron chi connectivity index (χ0n) is 13.4. The van der Waals surface area contributed by atoms with Crippen molar-refractivity contribution in [2.24, 2.45) is 5.92 Å². The Morgan fingerprint density at radius 3 is 2.73 bits per heavy atom. The number of carbonyl (C=O) groups is 2. The summed E-state index contributed by atoms with van der Waals surface area (Å²) in [5.74, 6) is 1.77. The first-order valence-corrected chi connectivity index (χ1v) is 8.00. The van der Waals surface area contributed by atoms with Gasteiger partial charge in [-0.3, -0.25) is 9.59 Å². The molecule has 1 saturated heterocycles. The molecule has 2 amide bonds. The highest BCUT2D eigenvalue weighted by Crippen LogP contribution is 2.24. The third-order valence-electron chi connectivity index (χ3n) is 4.59. The number of amides is 2. The van der Waals surface area contributed by atoms with Gasteiger partial charge in [0.05, 0.1) is 12.5 Å². The summed E-state index contributed by atoms with van der Waals surface area (Å²) < 4.78 is 2.10. The monoisotopic (exact) mass is 305 g/mol. The van der Waals surface area contributed by atoms with Crippen LogP contribution in [0.25, 0.3) is 0 Å². The Bertz CT molecular complexity index is 595. The summed E-state index contributed by atoms with van der Waals surface area (Å²) in [6.07, 6.45) is 1.18. The van der Waals surface area contributed by atoms with Gasteiger partial charge in [0.2, 0.25) is 11.8 Å². The van der Waals surface area contributed by atoms with Crippen LogP contribution in [0.3, 0.4) is 0 Å². The number of aromatic nitrogens is 3. The van der Waals surface area contributed by atoms with E-state index in [-0.39, 0.29) is 23.8 Å². The van der Waals surface area contributed by atoms with Crippen molar-refractivity contribution in [2.75, 3.05) is 13.1 Å². The van der Waals surface area contributed by atoms with Gasteiger partial charge in [0.25, 0.3) is 0 Å². The number of rotatable bonds is 3. The zero-order chi connectivity index (χ0) is 15.9. The summed E-state index contributed by atoms with van der Waals surface area (Å²) >= 11 is 0. The van der Waals surface area contributed by atoms with Crippen molar-refractivity contribution in [3.8, 4) is 0 Å². The standard InChI is InChI=1S/C15H23N5O2/c1-4-12-16-17-13-9-18(5-6-19(12)13)15(22)11-7-14(21)20(8-11)10(2)3/h10-11H,4-9H2,1-3H3/t11-/m0/s1. The van der Waals surface area contributed by atoms with Crippen molar-refractivity contribution in [1.82, 2.24) is 24.6 Å². The van der Waals surface area contributed by atoms with E-state index < -0.39 is 0 Å². The van der Waals surface area contributed by atoms with E-state index in [2.05, 4.69) is 21.7 Å². The van der Waals surface area contributed by atoms with E-state index in [1.165, 1.54) is 0 Å². The van der Waals surface area contributed by atoms with Crippen LogP contribution >= 0.6 is 0 Å². The molecule has 2 aliphatic heterocycles. The molecule has 1 aromatic rings. The molecular formula is C15H23N5O2. The Morgan fingerprint density at radius 1 is 1.32 bits per heavy atom. The average molecular weight is 305 g/mol. The van der Waals surface area contributed by atoms with E-state index in [1.54, 1.807) is 4.90 Å². The molecule has 120 valence electrons. The summed E-state index contributed by atoms with van der Waals surface area (Å²) in [6, 6.07) is 0.155. The minimum Gasteiger partial charge on any atom is -0.339 e. The van der Waals surface area contributed by atoms with Gasteiger partial charge in [-0.1, -0.05) is 6.92 Å². The van der Waals surface area contributed by atoms with Crippen LogP contribution in [-0.4, -0.2) is 55.5 Å². The minimum absolute atomic E-state index is 0.0730. The zero-order valence-corrected chi connectivity index (χ0v) is 13.4. The summed E-state index contributed by atoms with van der Waals surface area (Å²) in [4.78, 5) is 28.3. The molecule has 0 bridgehead atoms. The molecule has 7 nitrogen and oxygen atoms in total. The molecule has 3 heterocycles. The largest absolute Gasteiger partial charge is 0.339 e. The van der Waals surface area contributed by atoms with Crippen molar-refractivity contribution in [1.29, 1.82) is 0 Å². The van der Waals surface area contributed by atoms with Gasteiger partial charge in [-0.25, -0.2) is 0 Å². The molecule has 0 radical (unpaired) electrons. The lowest BCUT2D eigenvalue weighted by Gasteiger charge is -2.30. The second-order valence-corrected chi connectivity index (χ2v) is 6.34. The Labute approximate surface area is 130 Å². The Kier molecular flexibility index (Phi) is 3.88. The van der Waals surface area contributed by atoms with Crippen LogP contribution < -0.4 is 0 Å². The maximum absolute atomic E-state index is 12.7. The average Bonchev–Trinajstić information content (AvgIpc) is 3.08. The molecule has 1 aromatic heterocycles. The molecule has 3 rings (SSSR count). The van der Waals surface area contributed by atoms with Crippen LogP contribution in [-0.2, 0) is 29.1 Å². The highest BCUT2D eigenvalue weighted by Gasteiger charge is 2.38. The van der Waals surface area contributed by atoms with Crippen molar-refractivity contribution in [3.05, 3.63) is 11.6 Å². The lowest BCUT2D eigenvalue weighted by atomic mass is 10.1. The smallest absolute Gasteiger partial charge is 0.228 e. The normalized spacial score (nSPS) is 21.6. The quantitative estimate of drug-likeness (QED) is 0.812. The van der Waals surface area contributed by atoms with Crippen LogP contribution in [0.1, 0.15) is 38.8 Å². The highest BCUT2D eigenvalue weighted by atomic mass is 16.2. The first-order chi connectivity index (χ1) is 10.5. The number of carbonyl (C=O) groups excluding carboxylic acids is 2. The second-order valence-electron chi connectivity index (χ2n) is 6.34. The molecule has 0 saturated carbocycles. The fourth-order valence-corrected chi connectivity index (χ4v) is 3.32. The van der Waals surface area contributed by atoms with E-state index in [9.17, 15) is 9.59 Å². The molecule has 0 N–H and O–H groups in total. The molecular weight excluding hydrogens is 282 g/mol. The molecule has 0 aromatic carbocycles. The van der Waals surface area contributed by atoms with Gasteiger partial charge in [-0.05, 0) is 13.8 Å².